The Morgan fingerprint density at radius 2 is 1.93 bits per heavy atom. The lowest BCUT2D eigenvalue weighted by atomic mass is 10.0. The summed E-state index contributed by atoms with van der Waals surface area (Å²) in [5.74, 6) is -1.12. The SMILES string of the molecule is CCOC(=O)C(CCN(C)C)C(C)=O. The van der Waals surface area contributed by atoms with Gasteiger partial charge in [-0.1, -0.05) is 0 Å². The molecule has 0 saturated carbocycles. The van der Waals surface area contributed by atoms with Gasteiger partial charge in [0.1, 0.15) is 11.7 Å². The van der Waals surface area contributed by atoms with E-state index in [1.165, 1.54) is 6.92 Å². The van der Waals surface area contributed by atoms with E-state index in [1.54, 1.807) is 6.92 Å². The number of nitrogens with zero attached hydrogens (tertiary/aromatic N) is 1. The van der Waals surface area contributed by atoms with E-state index in [9.17, 15) is 9.59 Å². The first-order valence-electron chi connectivity index (χ1n) is 4.80. The Balaban J connectivity index is 4.15. The number of rotatable bonds is 6. The molecule has 0 aromatic carbocycles. The minimum Gasteiger partial charge on any atom is -0.465 e. The number of esters is 1. The van der Waals surface area contributed by atoms with Crippen molar-refractivity contribution in [3.8, 4) is 0 Å². The maximum Gasteiger partial charge on any atom is 0.316 e. The molecule has 0 saturated heterocycles. The van der Waals surface area contributed by atoms with Gasteiger partial charge in [-0.25, -0.2) is 0 Å². The largest absolute Gasteiger partial charge is 0.465 e. The molecule has 0 amide bonds. The molecule has 0 aromatic heterocycles. The summed E-state index contributed by atoms with van der Waals surface area (Å²) in [6.45, 7) is 4.20. The predicted molar refractivity (Wildman–Crippen MR) is 54.0 cm³/mol. The highest BCUT2D eigenvalue weighted by Crippen LogP contribution is 2.07. The van der Waals surface area contributed by atoms with Crippen LogP contribution in [0.2, 0.25) is 0 Å². The van der Waals surface area contributed by atoms with Crippen LogP contribution in [0.1, 0.15) is 20.3 Å². The Morgan fingerprint density at radius 1 is 1.36 bits per heavy atom. The first kappa shape index (κ1) is 13.1. The lowest BCUT2D eigenvalue weighted by molar-refractivity contribution is -0.151. The van der Waals surface area contributed by atoms with Crippen molar-refractivity contribution in [1.29, 1.82) is 0 Å². The van der Waals surface area contributed by atoms with Crippen LogP contribution < -0.4 is 0 Å². The highest BCUT2D eigenvalue weighted by atomic mass is 16.5. The van der Waals surface area contributed by atoms with Gasteiger partial charge in [-0.2, -0.15) is 0 Å². The summed E-state index contributed by atoms with van der Waals surface area (Å²) < 4.78 is 4.82. The van der Waals surface area contributed by atoms with Crippen LogP contribution >= 0.6 is 0 Å². The molecule has 0 aliphatic heterocycles. The molecule has 0 radical (unpaired) electrons. The summed E-state index contributed by atoms with van der Waals surface area (Å²) in [6.07, 6.45) is 0.529. The van der Waals surface area contributed by atoms with E-state index in [2.05, 4.69) is 0 Å². The summed E-state index contributed by atoms with van der Waals surface area (Å²) in [5.41, 5.74) is 0. The van der Waals surface area contributed by atoms with Crippen LogP contribution in [-0.2, 0) is 14.3 Å². The van der Waals surface area contributed by atoms with Gasteiger partial charge in [-0.3, -0.25) is 9.59 Å². The fourth-order valence-corrected chi connectivity index (χ4v) is 1.12. The number of ether oxygens (including phenoxy) is 1. The number of hydrogen-bond acceptors (Lipinski definition) is 4. The van der Waals surface area contributed by atoms with Crippen molar-refractivity contribution in [2.75, 3.05) is 27.2 Å². The third kappa shape index (κ3) is 4.97. The van der Waals surface area contributed by atoms with Crippen molar-refractivity contribution < 1.29 is 14.3 Å². The topological polar surface area (TPSA) is 46.6 Å². The molecule has 4 nitrogen and oxygen atoms in total. The standard InChI is InChI=1S/C10H19NO3/c1-5-14-10(13)9(8(2)12)6-7-11(3)4/h9H,5-7H2,1-4H3. The van der Waals surface area contributed by atoms with Gasteiger partial charge in [0.25, 0.3) is 0 Å². The number of ketones is 1. The molecule has 0 fully saturated rings. The van der Waals surface area contributed by atoms with Gasteiger partial charge < -0.3 is 9.64 Å². The lowest BCUT2D eigenvalue weighted by Crippen LogP contribution is -2.28. The van der Waals surface area contributed by atoms with Crippen molar-refractivity contribution in [3.63, 3.8) is 0 Å². The molecule has 0 rings (SSSR count). The second-order valence-corrected chi connectivity index (χ2v) is 3.51. The van der Waals surface area contributed by atoms with Crippen LogP contribution in [0.25, 0.3) is 0 Å². The number of carbonyl (C=O) groups excluding carboxylic acids is 2. The molecule has 1 unspecified atom stereocenters. The molecule has 1 atom stereocenters. The fourth-order valence-electron chi connectivity index (χ4n) is 1.12. The van der Waals surface area contributed by atoms with E-state index in [0.29, 0.717) is 19.6 Å². The monoisotopic (exact) mass is 201 g/mol. The average Bonchev–Trinajstić information content (AvgIpc) is 2.03. The normalized spacial score (nSPS) is 12.6. The fraction of sp³-hybridized carbons (Fsp3) is 0.800. The summed E-state index contributed by atoms with van der Waals surface area (Å²) >= 11 is 0. The highest BCUT2D eigenvalue weighted by molar-refractivity contribution is 5.97. The van der Waals surface area contributed by atoms with Gasteiger partial charge in [0.2, 0.25) is 0 Å². The maximum absolute atomic E-state index is 11.3. The zero-order valence-electron chi connectivity index (χ0n) is 9.37. The smallest absolute Gasteiger partial charge is 0.316 e. The Kier molecular flexibility index (Phi) is 6.12. The van der Waals surface area contributed by atoms with Crippen LogP contribution in [0, 0.1) is 5.92 Å². The van der Waals surface area contributed by atoms with E-state index in [-0.39, 0.29) is 5.78 Å². The Labute approximate surface area is 85.2 Å². The van der Waals surface area contributed by atoms with Crippen molar-refractivity contribution in [3.05, 3.63) is 0 Å². The van der Waals surface area contributed by atoms with E-state index in [0.717, 1.165) is 0 Å². The summed E-state index contributed by atoms with van der Waals surface area (Å²) in [4.78, 5) is 24.4. The molecule has 0 aliphatic carbocycles. The van der Waals surface area contributed by atoms with Crippen LogP contribution in [0.3, 0.4) is 0 Å². The average molecular weight is 201 g/mol. The molecule has 0 spiro atoms. The highest BCUT2D eigenvalue weighted by Gasteiger charge is 2.24. The van der Waals surface area contributed by atoms with Gasteiger partial charge in [0, 0.05) is 0 Å². The molecular formula is C10H19NO3. The molecule has 0 N–H and O–H groups in total. The molecule has 0 aliphatic rings. The Hall–Kier alpha value is -0.900. The summed E-state index contributed by atoms with van der Waals surface area (Å²) in [7, 11) is 3.81. The summed E-state index contributed by atoms with van der Waals surface area (Å²) in [5, 5.41) is 0. The van der Waals surface area contributed by atoms with Crippen LogP contribution in [-0.4, -0.2) is 43.9 Å². The van der Waals surface area contributed by atoms with Crippen molar-refractivity contribution >= 4 is 11.8 Å². The Morgan fingerprint density at radius 3 is 2.29 bits per heavy atom. The first-order chi connectivity index (χ1) is 6.49. The predicted octanol–water partition coefficient (Wildman–Crippen LogP) is 0.706. The third-order valence-electron chi connectivity index (χ3n) is 1.93. The molecule has 4 heteroatoms. The maximum atomic E-state index is 11.3. The number of hydrogen-bond donors (Lipinski definition) is 0. The van der Waals surface area contributed by atoms with Crippen molar-refractivity contribution in [1.82, 2.24) is 4.90 Å². The van der Waals surface area contributed by atoms with Gasteiger partial charge in [-0.15, -0.1) is 0 Å². The van der Waals surface area contributed by atoms with Gasteiger partial charge in [0.15, 0.2) is 0 Å². The summed E-state index contributed by atoms with van der Waals surface area (Å²) in [6, 6.07) is 0. The number of Topliss-reactive ketones (excluding diaryl/α,β-unsaturated/α-hetero) is 1. The van der Waals surface area contributed by atoms with Gasteiger partial charge in [0.05, 0.1) is 6.61 Å². The molecular weight excluding hydrogens is 182 g/mol. The third-order valence-corrected chi connectivity index (χ3v) is 1.93. The minimum atomic E-state index is -0.600. The van der Waals surface area contributed by atoms with Gasteiger partial charge >= 0.3 is 5.97 Å². The second kappa shape index (κ2) is 6.54. The number of carbonyl (C=O) groups is 2. The minimum absolute atomic E-state index is 0.120. The molecule has 14 heavy (non-hydrogen) atoms. The van der Waals surface area contributed by atoms with E-state index < -0.39 is 11.9 Å². The van der Waals surface area contributed by atoms with E-state index in [4.69, 9.17) is 4.74 Å². The molecule has 0 heterocycles. The van der Waals surface area contributed by atoms with Gasteiger partial charge in [-0.05, 0) is 40.9 Å². The van der Waals surface area contributed by atoms with E-state index >= 15 is 0 Å². The zero-order valence-corrected chi connectivity index (χ0v) is 9.37. The lowest BCUT2D eigenvalue weighted by Gasteiger charge is -2.15. The van der Waals surface area contributed by atoms with Crippen LogP contribution in [0.15, 0.2) is 0 Å². The van der Waals surface area contributed by atoms with Crippen molar-refractivity contribution in [2.45, 2.75) is 20.3 Å². The molecule has 0 aromatic rings. The second-order valence-electron chi connectivity index (χ2n) is 3.51. The Bertz CT molecular complexity index is 202. The van der Waals surface area contributed by atoms with Crippen molar-refractivity contribution in [2.24, 2.45) is 5.92 Å². The zero-order chi connectivity index (χ0) is 11.1. The van der Waals surface area contributed by atoms with Crippen LogP contribution in [0.5, 0.6) is 0 Å². The first-order valence-corrected chi connectivity index (χ1v) is 4.80. The quantitative estimate of drug-likeness (QED) is 0.469. The molecule has 0 bridgehead atoms. The van der Waals surface area contributed by atoms with Crippen LogP contribution in [0.4, 0.5) is 0 Å². The molecule has 82 valence electrons. The van der Waals surface area contributed by atoms with E-state index in [1.807, 2.05) is 19.0 Å².